The van der Waals surface area contributed by atoms with Crippen LogP contribution in [0.25, 0.3) is 11.0 Å². The summed E-state index contributed by atoms with van der Waals surface area (Å²) in [5.74, 6) is 2.99. The van der Waals surface area contributed by atoms with Gasteiger partial charge in [0.05, 0.1) is 5.75 Å². The summed E-state index contributed by atoms with van der Waals surface area (Å²) in [6.07, 6.45) is 7.28. The summed E-state index contributed by atoms with van der Waals surface area (Å²) >= 11 is 1.26. The Labute approximate surface area is 197 Å². The summed E-state index contributed by atoms with van der Waals surface area (Å²) in [7, 11) is 3.06. The van der Waals surface area contributed by atoms with Crippen LogP contribution in [-0.4, -0.2) is 36.3 Å². The SMILES string of the molecule is Cn1c(=O)c2c(SCC(=O)NC34CC5CC(CC(C5)C3)C4)nc(C(C)(C)C)nc2n(C)c1=O. The molecule has 9 heteroatoms. The van der Waals surface area contributed by atoms with Crippen molar-refractivity contribution in [3.63, 3.8) is 0 Å². The van der Waals surface area contributed by atoms with Crippen LogP contribution in [-0.2, 0) is 24.3 Å². The van der Waals surface area contributed by atoms with Crippen LogP contribution in [0.5, 0.6) is 0 Å². The van der Waals surface area contributed by atoms with Gasteiger partial charge in [0.25, 0.3) is 5.56 Å². The maximum atomic E-state index is 13.1. The number of nitrogens with one attached hydrogen (secondary N) is 1. The van der Waals surface area contributed by atoms with E-state index in [9.17, 15) is 14.4 Å². The molecule has 4 bridgehead atoms. The van der Waals surface area contributed by atoms with Gasteiger partial charge in [0.15, 0.2) is 5.65 Å². The average Bonchev–Trinajstić information content (AvgIpc) is 2.72. The molecule has 33 heavy (non-hydrogen) atoms. The van der Waals surface area contributed by atoms with Gasteiger partial charge in [-0.2, -0.15) is 0 Å². The van der Waals surface area contributed by atoms with Crippen LogP contribution in [0.3, 0.4) is 0 Å². The normalized spacial score (nSPS) is 28.5. The molecule has 6 rings (SSSR count). The highest BCUT2D eigenvalue weighted by atomic mass is 32.2. The van der Waals surface area contributed by atoms with Crippen LogP contribution in [0.1, 0.15) is 65.1 Å². The third-order valence-corrected chi connectivity index (χ3v) is 8.70. The molecule has 8 nitrogen and oxygen atoms in total. The predicted molar refractivity (Wildman–Crippen MR) is 128 cm³/mol. The van der Waals surface area contributed by atoms with Gasteiger partial charge in [-0.1, -0.05) is 32.5 Å². The van der Waals surface area contributed by atoms with E-state index < -0.39 is 11.2 Å². The lowest BCUT2D eigenvalue weighted by Crippen LogP contribution is -2.60. The van der Waals surface area contributed by atoms with E-state index in [2.05, 4.69) is 15.3 Å². The number of aromatic nitrogens is 4. The Morgan fingerprint density at radius 2 is 1.61 bits per heavy atom. The van der Waals surface area contributed by atoms with E-state index in [1.54, 1.807) is 7.05 Å². The molecular formula is C24H33N5O3S. The van der Waals surface area contributed by atoms with Crippen molar-refractivity contribution in [2.24, 2.45) is 31.8 Å². The summed E-state index contributed by atoms with van der Waals surface area (Å²) in [6, 6.07) is 0. The summed E-state index contributed by atoms with van der Waals surface area (Å²) in [5, 5.41) is 4.14. The number of carbonyl (C=O) groups excluding carboxylic acids is 1. The largest absolute Gasteiger partial charge is 0.350 e. The van der Waals surface area contributed by atoms with Gasteiger partial charge in [-0.15, -0.1) is 0 Å². The molecule has 0 aliphatic heterocycles. The van der Waals surface area contributed by atoms with Gasteiger partial charge < -0.3 is 5.32 Å². The van der Waals surface area contributed by atoms with Gasteiger partial charge in [0.1, 0.15) is 16.2 Å². The molecule has 2 aromatic heterocycles. The molecule has 0 spiro atoms. The number of fused-ring (bicyclic) bond motifs is 1. The molecule has 1 amide bonds. The van der Waals surface area contributed by atoms with Crippen molar-refractivity contribution in [2.45, 2.75) is 75.3 Å². The Morgan fingerprint density at radius 3 is 2.15 bits per heavy atom. The number of hydrogen-bond acceptors (Lipinski definition) is 6. The van der Waals surface area contributed by atoms with Crippen molar-refractivity contribution in [3.05, 3.63) is 26.7 Å². The van der Waals surface area contributed by atoms with Crippen LogP contribution < -0.4 is 16.6 Å². The fourth-order valence-electron chi connectivity index (χ4n) is 6.60. The summed E-state index contributed by atoms with van der Waals surface area (Å²) in [5.41, 5.74) is -0.968. The molecule has 0 atom stereocenters. The first kappa shape index (κ1) is 22.6. The third-order valence-electron chi connectivity index (χ3n) is 7.72. The van der Waals surface area contributed by atoms with Crippen LogP contribution in [0.2, 0.25) is 0 Å². The standard InChI is InChI=1S/C24H33N5O3S/c1-23(2,3)21-25-18-17(20(31)29(5)22(32)28(18)4)19(26-21)33-12-16(30)27-24-9-13-6-14(10-24)8-15(7-13)11-24/h13-15H,6-12H2,1-5H3,(H,27,30). The van der Waals surface area contributed by atoms with Crippen molar-refractivity contribution < 1.29 is 4.79 Å². The minimum Gasteiger partial charge on any atom is -0.350 e. The van der Waals surface area contributed by atoms with Crippen molar-refractivity contribution in [1.82, 2.24) is 24.4 Å². The molecule has 0 saturated heterocycles. The topological polar surface area (TPSA) is 98.9 Å². The molecule has 0 aromatic carbocycles. The maximum Gasteiger partial charge on any atom is 0.332 e. The average molecular weight is 472 g/mol. The van der Waals surface area contributed by atoms with Crippen LogP contribution in [0.15, 0.2) is 14.6 Å². The van der Waals surface area contributed by atoms with Gasteiger partial charge in [-0.05, 0) is 56.3 Å². The van der Waals surface area contributed by atoms with E-state index in [1.807, 2.05) is 20.8 Å². The molecule has 2 heterocycles. The molecule has 4 saturated carbocycles. The molecule has 178 valence electrons. The van der Waals surface area contributed by atoms with Gasteiger partial charge in [-0.25, -0.2) is 14.8 Å². The van der Waals surface area contributed by atoms with Gasteiger partial charge >= 0.3 is 5.69 Å². The first-order valence-electron chi connectivity index (χ1n) is 11.9. The summed E-state index contributed by atoms with van der Waals surface area (Å²) in [6.45, 7) is 5.96. The highest BCUT2D eigenvalue weighted by Crippen LogP contribution is 2.55. The van der Waals surface area contributed by atoms with Crippen molar-refractivity contribution in [3.8, 4) is 0 Å². The third kappa shape index (κ3) is 3.92. The lowest BCUT2D eigenvalue weighted by Gasteiger charge is -2.56. The summed E-state index contributed by atoms with van der Waals surface area (Å²) in [4.78, 5) is 47.8. The number of aryl methyl sites for hydroxylation is 1. The second-order valence-corrected chi connectivity index (χ2v) is 12.5. The lowest BCUT2D eigenvalue weighted by atomic mass is 9.53. The Bertz CT molecular complexity index is 1220. The zero-order valence-corrected chi connectivity index (χ0v) is 20.9. The maximum absolute atomic E-state index is 13.1. The van der Waals surface area contributed by atoms with E-state index in [0.29, 0.717) is 21.9 Å². The van der Waals surface area contributed by atoms with Crippen molar-refractivity contribution >= 4 is 28.7 Å². The highest BCUT2D eigenvalue weighted by Gasteiger charge is 2.51. The van der Waals surface area contributed by atoms with Crippen molar-refractivity contribution in [1.29, 1.82) is 0 Å². The molecule has 1 N–H and O–H groups in total. The first-order valence-corrected chi connectivity index (χ1v) is 12.9. The Kier molecular flexibility index (Phi) is 5.27. The minimum absolute atomic E-state index is 0.00679. The number of carbonyl (C=O) groups is 1. The molecular weight excluding hydrogens is 438 g/mol. The number of hydrogen-bond donors (Lipinski definition) is 1. The Balaban J connectivity index is 1.44. The number of amides is 1. The van der Waals surface area contributed by atoms with E-state index in [1.165, 1.54) is 42.6 Å². The van der Waals surface area contributed by atoms with E-state index in [-0.39, 0.29) is 22.6 Å². The molecule has 4 aliphatic carbocycles. The molecule has 2 aromatic rings. The Morgan fingerprint density at radius 1 is 1.03 bits per heavy atom. The molecule has 4 fully saturated rings. The first-order chi connectivity index (χ1) is 15.5. The van der Waals surface area contributed by atoms with Crippen LogP contribution >= 0.6 is 11.8 Å². The van der Waals surface area contributed by atoms with E-state index in [4.69, 9.17) is 0 Å². The Hall–Kier alpha value is -2.16. The number of rotatable bonds is 4. The molecule has 0 radical (unpaired) electrons. The van der Waals surface area contributed by atoms with Gasteiger partial charge in [0, 0.05) is 25.0 Å². The smallest absolute Gasteiger partial charge is 0.332 e. The zero-order valence-electron chi connectivity index (χ0n) is 20.1. The fraction of sp³-hybridized carbons (Fsp3) is 0.708. The second-order valence-electron chi connectivity index (χ2n) is 11.5. The monoisotopic (exact) mass is 471 g/mol. The summed E-state index contributed by atoms with van der Waals surface area (Å²) < 4.78 is 2.45. The fourth-order valence-corrected chi connectivity index (χ4v) is 7.41. The highest BCUT2D eigenvalue weighted by molar-refractivity contribution is 8.00. The number of thioether (sulfide) groups is 1. The minimum atomic E-state index is -0.433. The quantitative estimate of drug-likeness (QED) is 0.543. The van der Waals surface area contributed by atoms with Gasteiger partial charge in [0.2, 0.25) is 5.91 Å². The zero-order chi connectivity index (χ0) is 23.7. The van der Waals surface area contributed by atoms with E-state index >= 15 is 0 Å². The van der Waals surface area contributed by atoms with Crippen molar-refractivity contribution in [2.75, 3.05) is 5.75 Å². The predicted octanol–water partition coefficient (Wildman–Crippen LogP) is 2.50. The van der Waals surface area contributed by atoms with E-state index in [0.717, 1.165) is 41.6 Å². The number of nitrogens with zero attached hydrogens (tertiary/aromatic N) is 4. The second kappa shape index (κ2) is 7.68. The molecule has 0 unspecified atom stereocenters. The molecule has 4 aliphatic rings. The van der Waals surface area contributed by atoms with Gasteiger partial charge in [-0.3, -0.25) is 18.7 Å². The van der Waals surface area contributed by atoms with Crippen LogP contribution in [0.4, 0.5) is 0 Å². The van der Waals surface area contributed by atoms with Crippen LogP contribution in [0, 0.1) is 17.8 Å². The lowest BCUT2D eigenvalue weighted by molar-refractivity contribution is -0.124.